The molecule has 0 atom stereocenters. The third kappa shape index (κ3) is 3.00. The standard InChI is InChI=1S/C16H21N3O/c1-12-10-19-11-14(7-8-15(19)17-12)18-16(20)9-13-5-3-2-4-6-13/h7-8,10-11,13H,2-6,9H2,1H3,(H,18,20). The number of carbonyl (C=O) groups is 1. The SMILES string of the molecule is Cc1cn2cc(NC(=O)CC3CCCCC3)ccc2n1. The van der Waals surface area contributed by atoms with E-state index in [1.54, 1.807) is 0 Å². The van der Waals surface area contributed by atoms with Crippen molar-refractivity contribution in [2.45, 2.75) is 45.4 Å². The van der Waals surface area contributed by atoms with E-state index in [9.17, 15) is 4.79 Å². The Bertz CT molecular complexity index is 611. The minimum atomic E-state index is 0.132. The normalized spacial score (nSPS) is 16.4. The predicted molar refractivity (Wildman–Crippen MR) is 79.8 cm³/mol. The summed E-state index contributed by atoms with van der Waals surface area (Å²) in [6, 6.07) is 3.85. The molecule has 0 bridgehead atoms. The zero-order valence-electron chi connectivity index (χ0n) is 11.9. The molecule has 4 nitrogen and oxygen atoms in total. The summed E-state index contributed by atoms with van der Waals surface area (Å²) in [7, 11) is 0. The van der Waals surface area contributed by atoms with E-state index >= 15 is 0 Å². The number of anilines is 1. The van der Waals surface area contributed by atoms with Crippen molar-refractivity contribution in [3.63, 3.8) is 0 Å². The van der Waals surface area contributed by atoms with Crippen molar-refractivity contribution >= 4 is 17.2 Å². The molecule has 1 aliphatic rings. The average molecular weight is 271 g/mol. The van der Waals surface area contributed by atoms with Gasteiger partial charge in [0, 0.05) is 18.8 Å². The van der Waals surface area contributed by atoms with E-state index in [0.717, 1.165) is 17.0 Å². The largest absolute Gasteiger partial charge is 0.325 e. The maximum atomic E-state index is 12.1. The van der Waals surface area contributed by atoms with Gasteiger partial charge in [0.25, 0.3) is 0 Å². The lowest BCUT2D eigenvalue weighted by Gasteiger charge is -2.20. The summed E-state index contributed by atoms with van der Waals surface area (Å²) in [5, 5.41) is 3.00. The van der Waals surface area contributed by atoms with Crippen LogP contribution in [0.5, 0.6) is 0 Å². The lowest BCUT2D eigenvalue weighted by molar-refractivity contribution is -0.117. The Morgan fingerprint density at radius 2 is 2.10 bits per heavy atom. The van der Waals surface area contributed by atoms with Gasteiger partial charge in [-0.1, -0.05) is 19.3 Å². The molecule has 2 aromatic heterocycles. The van der Waals surface area contributed by atoms with Crippen molar-refractivity contribution in [2.75, 3.05) is 5.32 Å². The number of rotatable bonds is 3. The van der Waals surface area contributed by atoms with Gasteiger partial charge >= 0.3 is 0 Å². The Balaban J connectivity index is 1.64. The number of hydrogen-bond donors (Lipinski definition) is 1. The highest BCUT2D eigenvalue weighted by atomic mass is 16.1. The van der Waals surface area contributed by atoms with Gasteiger partial charge in [-0.15, -0.1) is 0 Å². The van der Waals surface area contributed by atoms with E-state index < -0.39 is 0 Å². The Hall–Kier alpha value is -1.84. The molecule has 2 heterocycles. The molecule has 2 aromatic rings. The van der Waals surface area contributed by atoms with Crippen molar-refractivity contribution in [1.82, 2.24) is 9.38 Å². The van der Waals surface area contributed by atoms with Gasteiger partial charge in [0.05, 0.1) is 11.4 Å². The van der Waals surface area contributed by atoms with Crippen LogP contribution in [-0.2, 0) is 4.79 Å². The van der Waals surface area contributed by atoms with Crippen molar-refractivity contribution in [2.24, 2.45) is 5.92 Å². The molecule has 0 saturated heterocycles. The van der Waals surface area contributed by atoms with E-state index in [1.807, 2.05) is 35.9 Å². The number of carbonyl (C=O) groups excluding carboxylic acids is 1. The van der Waals surface area contributed by atoms with Crippen LogP contribution in [0.4, 0.5) is 5.69 Å². The molecule has 1 amide bonds. The number of aromatic nitrogens is 2. The van der Waals surface area contributed by atoms with Gasteiger partial charge in [-0.25, -0.2) is 4.98 Å². The molecular weight excluding hydrogens is 250 g/mol. The van der Waals surface area contributed by atoms with Crippen LogP contribution in [0.25, 0.3) is 5.65 Å². The summed E-state index contributed by atoms with van der Waals surface area (Å²) in [6.07, 6.45) is 10.8. The number of imidazole rings is 1. The maximum absolute atomic E-state index is 12.1. The topological polar surface area (TPSA) is 46.4 Å². The third-order valence-electron chi connectivity index (χ3n) is 4.05. The first-order valence-electron chi connectivity index (χ1n) is 7.46. The smallest absolute Gasteiger partial charge is 0.224 e. The van der Waals surface area contributed by atoms with Gasteiger partial charge < -0.3 is 9.72 Å². The van der Waals surface area contributed by atoms with Crippen LogP contribution in [0.2, 0.25) is 0 Å². The van der Waals surface area contributed by atoms with E-state index in [0.29, 0.717) is 12.3 Å². The monoisotopic (exact) mass is 271 g/mol. The van der Waals surface area contributed by atoms with E-state index in [1.165, 1.54) is 32.1 Å². The minimum absolute atomic E-state index is 0.132. The molecule has 0 spiro atoms. The number of pyridine rings is 1. The first kappa shape index (κ1) is 13.2. The van der Waals surface area contributed by atoms with E-state index in [4.69, 9.17) is 0 Å². The van der Waals surface area contributed by atoms with Crippen LogP contribution in [0.3, 0.4) is 0 Å². The highest BCUT2D eigenvalue weighted by molar-refractivity contribution is 5.90. The van der Waals surface area contributed by atoms with Crippen molar-refractivity contribution < 1.29 is 4.79 Å². The lowest BCUT2D eigenvalue weighted by atomic mass is 9.87. The number of nitrogens with zero attached hydrogens (tertiary/aromatic N) is 2. The van der Waals surface area contributed by atoms with Crippen molar-refractivity contribution in [3.8, 4) is 0 Å². The summed E-state index contributed by atoms with van der Waals surface area (Å²) in [5.41, 5.74) is 2.74. The summed E-state index contributed by atoms with van der Waals surface area (Å²) in [5.74, 6) is 0.705. The lowest BCUT2D eigenvalue weighted by Crippen LogP contribution is -2.18. The average Bonchev–Trinajstić information content (AvgIpc) is 2.79. The fourth-order valence-electron chi connectivity index (χ4n) is 3.06. The first-order valence-corrected chi connectivity index (χ1v) is 7.46. The van der Waals surface area contributed by atoms with Crippen LogP contribution in [0.15, 0.2) is 24.5 Å². The van der Waals surface area contributed by atoms with E-state index in [2.05, 4.69) is 10.3 Å². The molecular formula is C16H21N3O. The van der Waals surface area contributed by atoms with Crippen LogP contribution >= 0.6 is 0 Å². The summed E-state index contributed by atoms with van der Waals surface area (Å²) in [6.45, 7) is 1.97. The highest BCUT2D eigenvalue weighted by Gasteiger charge is 2.17. The quantitative estimate of drug-likeness (QED) is 0.928. The molecule has 106 valence electrons. The van der Waals surface area contributed by atoms with Crippen LogP contribution in [-0.4, -0.2) is 15.3 Å². The summed E-state index contributed by atoms with van der Waals surface area (Å²) >= 11 is 0. The van der Waals surface area contributed by atoms with Crippen molar-refractivity contribution in [3.05, 3.63) is 30.2 Å². The number of aryl methyl sites for hydroxylation is 1. The molecule has 1 saturated carbocycles. The van der Waals surface area contributed by atoms with Crippen molar-refractivity contribution in [1.29, 1.82) is 0 Å². The fraction of sp³-hybridized carbons (Fsp3) is 0.500. The molecule has 0 radical (unpaired) electrons. The van der Waals surface area contributed by atoms with Crippen LogP contribution < -0.4 is 5.32 Å². The molecule has 0 aliphatic heterocycles. The molecule has 4 heteroatoms. The second kappa shape index (κ2) is 5.65. The summed E-state index contributed by atoms with van der Waals surface area (Å²) < 4.78 is 1.95. The zero-order valence-corrected chi connectivity index (χ0v) is 11.9. The van der Waals surface area contributed by atoms with Gasteiger partial charge in [-0.3, -0.25) is 4.79 Å². The van der Waals surface area contributed by atoms with Gasteiger partial charge in [0.2, 0.25) is 5.91 Å². The highest BCUT2D eigenvalue weighted by Crippen LogP contribution is 2.26. The predicted octanol–water partition coefficient (Wildman–Crippen LogP) is 3.55. The molecule has 0 aromatic carbocycles. The van der Waals surface area contributed by atoms with Crippen LogP contribution in [0, 0.1) is 12.8 Å². The molecule has 20 heavy (non-hydrogen) atoms. The Morgan fingerprint density at radius 3 is 2.90 bits per heavy atom. The number of amides is 1. The molecule has 1 N–H and O–H groups in total. The number of hydrogen-bond acceptors (Lipinski definition) is 2. The van der Waals surface area contributed by atoms with Gasteiger partial charge in [0.1, 0.15) is 5.65 Å². The minimum Gasteiger partial charge on any atom is -0.325 e. The van der Waals surface area contributed by atoms with Gasteiger partial charge in [-0.2, -0.15) is 0 Å². The van der Waals surface area contributed by atoms with Gasteiger partial charge in [-0.05, 0) is 37.8 Å². The maximum Gasteiger partial charge on any atom is 0.224 e. The second-order valence-electron chi connectivity index (χ2n) is 5.82. The number of fused-ring (bicyclic) bond motifs is 1. The Kier molecular flexibility index (Phi) is 3.72. The Labute approximate surface area is 119 Å². The second-order valence-corrected chi connectivity index (χ2v) is 5.82. The zero-order chi connectivity index (χ0) is 13.9. The fourth-order valence-corrected chi connectivity index (χ4v) is 3.06. The van der Waals surface area contributed by atoms with Gasteiger partial charge in [0.15, 0.2) is 0 Å². The summed E-state index contributed by atoms with van der Waals surface area (Å²) in [4.78, 5) is 16.5. The first-order chi connectivity index (χ1) is 9.70. The number of nitrogens with one attached hydrogen (secondary N) is 1. The molecule has 1 fully saturated rings. The third-order valence-corrected chi connectivity index (χ3v) is 4.05. The Morgan fingerprint density at radius 1 is 1.30 bits per heavy atom. The van der Waals surface area contributed by atoms with E-state index in [-0.39, 0.29) is 5.91 Å². The molecule has 1 aliphatic carbocycles. The molecule has 3 rings (SSSR count). The van der Waals surface area contributed by atoms with Crippen LogP contribution in [0.1, 0.15) is 44.2 Å². The molecule has 0 unspecified atom stereocenters.